The van der Waals surface area contributed by atoms with Crippen molar-refractivity contribution in [2.45, 2.75) is 63.3 Å². The van der Waals surface area contributed by atoms with Crippen molar-refractivity contribution in [1.82, 2.24) is 18.9 Å². The van der Waals surface area contributed by atoms with E-state index in [1.165, 1.54) is 12.1 Å². The molecule has 46 heavy (non-hydrogen) atoms. The predicted octanol–water partition coefficient (Wildman–Crippen LogP) is 0.0960. The van der Waals surface area contributed by atoms with E-state index in [2.05, 4.69) is 0 Å². The first kappa shape index (κ1) is 31.2. The van der Waals surface area contributed by atoms with Gasteiger partial charge in [0.05, 0.1) is 40.5 Å². The lowest BCUT2D eigenvalue weighted by molar-refractivity contribution is -0.0235. The van der Waals surface area contributed by atoms with Crippen LogP contribution in [0, 0.1) is 0 Å². The minimum Gasteiger partial charge on any atom is -0.394 e. The van der Waals surface area contributed by atoms with Gasteiger partial charge in [-0.3, -0.25) is 42.9 Å². The zero-order valence-corrected chi connectivity index (χ0v) is 25.0. The Morgan fingerprint density at radius 3 is 1.78 bits per heavy atom. The molecule has 2 aromatic carbocycles. The van der Waals surface area contributed by atoms with Gasteiger partial charge in [-0.25, -0.2) is 4.79 Å². The number of hydrogen-bond donors (Lipinski definition) is 3. The van der Waals surface area contributed by atoms with Crippen LogP contribution in [0.2, 0.25) is 0 Å². The molecule has 3 N–H and O–H groups in total. The topological polar surface area (TPSA) is 189 Å². The third-order valence-corrected chi connectivity index (χ3v) is 8.91. The van der Waals surface area contributed by atoms with Crippen LogP contribution < -0.4 is 11.2 Å². The summed E-state index contributed by atoms with van der Waals surface area (Å²) in [5.74, 6) is -2.06. The first-order valence-corrected chi connectivity index (χ1v) is 14.9. The molecule has 0 radical (unpaired) electrons. The predicted molar refractivity (Wildman–Crippen MR) is 159 cm³/mol. The molecule has 3 aliphatic heterocycles. The summed E-state index contributed by atoms with van der Waals surface area (Å²) in [7, 11) is 0. The van der Waals surface area contributed by atoms with Crippen molar-refractivity contribution < 1.29 is 39.2 Å². The highest BCUT2D eigenvalue weighted by Crippen LogP contribution is 2.32. The van der Waals surface area contributed by atoms with Gasteiger partial charge in [0.2, 0.25) is 0 Å². The molecule has 1 fully saturated rings. The van der Waals surface area contributed by atoms with Crippen LogP contribution in [-0.4, -0.2) is 95.4 Å². The third-order valence-electron chi connectivity index (χ3n) is 8.91. The number of fused-ring (bicyclic) bond motifs is 2. The Bertz CT molecular complexity index is 1810. The molecule has 3 unspecified atom stereocenters. The third kappa shape index (κ3) is 4.90. The van der Waals surface area contributed by atoms with E-state index in [4.69, 9.17) is 4.74 Å². The van der Waals surface area contributed by atoms with Crippen molar-refractivity contribution in [2.75, 3.05) is 13.2 Å². The van der Waals surface area contributed by atoms with E-state index in [-0.39, 0.29) is 47.3 Å². The van der Waals surface area contributed by atoms with Crippen LogP contribution in [0.3, 0.4) is 0 Å². The molecule has 1 saturated heterocycles. The van der Waals surface area contributed by atoms with Gasteiger partial charge >= 0.3 is 5.69 Å². The number of rotatable bonds is 9. The van der Waals surface area contributed by atoms with Crippen LogP contribution >= 0.6 is 0 Å². The first-order chi connectivity index (χ1) is 22.0. The summed E-state index contributed by atoms with van der Waals surface area (Å²) in [6, 6.07) is 11.1. The molecule has 1 aromatic heterocycles. The molecule has 240 valence electrons. The lowest BCUT2D eigenvalue weighted by atomic mass is 10.0. The van der Waals surface area contributed by atoms with E-state index < -0.39 is 78.0 Å². The minimum absolute atomic E-state index is 0.00677. The molecule has 4 heterocycles. The Hall–Kier alpha value is -4.76. The number of amides is 4. The number of aliphatic hydroxyl groups excluding tert-OH is 3. The van der Waals surface area contributed by atoms with Crippen molar-refractivity contribution in [3.8, 4) is 0 Å². The van der Waals surface area contributed by atoms with Crippen LogP contribution in [0.5, 0.6) is 0 Å². The van der Waals surface area contributed by atoms with Crippen LogP contribution in [-0.2, 0) is 11.3 Å². The Labute approximate surface area is 261 Å². The van der Waals surface area contributed by atoms with Gasteiger partial charge in [0.25, 0.3) is 29.2 Å². The van der Waals surface area contributed by atoms with Crippen molar-refractivity contribution in [3.05, 3.63) is 103 Å². The minimum atomic E-state index is -1.62. The lowest BCUT2D eigenvalue weighted by Gasteiger charge is -2.25. The SMILES string of the molecule is CC(CCn1c(=O)c([C@@H]2O[C@H](CO)C(O)[C@@H]2O)cn(C(C)CN2C(=O)c3ccccc3C2=O)c1=O)N1C(=O)c2ccccc2C1=O. The molecular formula is C32H32N4O10. The van der Waals surface area contributed by atoms with Gasteiger partial charge in [0, 0.05) is 25.3 Å². The fourth-order valence-corrected chi connectivity index (χ4v) is 6.32. The van der Waals surface area contributed by atoms with Crippen LogP contribution in [0.25, 0.3) is 0 Å². The van der Waals surface area contributed by atoms with E-state index in [9.17, 15) is 44.1 Å². The average molecular weight is 633 g/mol. The van der Waals surface area contributed by atoms with E-state index in [1.807, 2.05) is 0 Å². The first-order valence-electron chi connectivity index (χ1n) is 14.9. The maximum Gasteiger partial charge on any atom is 0.331 e. The van der Waals surface area contributed by atoms with Crippen LogP contribution in [0.4, 0.5) is 0 Å². The highest BCUT2D eigenvalue weighted by atomic mass is 16.6. The standard InChI is InChI=1S/C32H32N4O10/c1-16(36-30(43)20-9-5-6-10-21(20)31(36)44)11-12-33-29(42)22(26-25(39)24(38)23(15-37)46-26)14-34(32(33)45)17(2)13-35-27(40)18-7-3-4-8-19(18)28(35)41/h3-10,14,16-17,23-26,37-39H,11-13,15H2,1-2H3/t16?,17?,23-,24?,25+,26+/m1/s1. The summed E-state index contributed by atoms with van der Waals surface area (Å²) in [4.78, 5) is 81.8. The number of imide groups is 2. The van der Waals surface area contributed by atoms with Crippen LogP contribution in [0.1, 0.15) is 79.4 Å². The molecule has 3 aromatic rings. The van der Waals surface area contributed by atoms with Gasteiger partial charge in [0.1, 0.15) is 24.4 Å². The number of hydrogen-bond acceptors (Lipinski definition) is 10. The smallest absolute Gasteiger partial charge is 0.331 e. The second-order valence-electron chi connectivity index (χ2n) is 11.8. The quantitative estimate of drug-likeness (QED) is 0.273. The van der Waals surface area contributed by atoms with Crippen molar-refractivity contribution >= 4 is 23.6 Å². The normalized spacial score (nSPS) is 23.7. The van der Waals surface area contributed by atoms with Crippen molar-refractivity contribution in [2.24, 2.45) is 0 Å². The summed E-state index contributed by atoms with van der Waals surface area (Å²) in [5, 5.41) is 30.7. The van der Waals surface area contributed by atoms with Crippen molar-refractivity contribution in [3.63, 3.8) is 0 Å². The average Bonchev–Trinajstić information content (AvgIpc) is 3.58. The number of carbonyl (C=O) groups excluding carboxylic acids is 4. The number of nitrogens with zero attached hydrogens (tertiary/aromatic N) is 4. The molecule has 3 aliphatic rings. The van der Waals surface area contributed by atoms with Gasteiger partial charge < -0.3 is 20.1 Å². The largest absolute Gasteiger partial charge is 0.394 e. The van der Waals surface area contributed by atoms with Crippen LogP contribution in [0.15, 0.2) is 64.3 Å². The number of ether oxygens (including phenoxy) is 1. The second-order valence-corrected chi connectivity index (χ2v) is 11.8. The fraction of sp³-hybridized carbons (Fsp3) is 0.375. The summed E-state index contributed by atoms with van der Waals surface area (Å²) >= 11 is 0. The maximum absolute atomic E-state index is 13.9. The molecule has 0 spiro atoms. The molecule has 14 nitrogen and oxygen atoms in total. The Morgan fingerprint density at radius 1 is 0.761 bits per heavy atom. The summed E-state index contributed by atoms with van der Waals surface area (Å²) in [6.07, 6.45) is -4.58. The number of aromatic nitrogens is 2. The summed E-state index contributed by atoms with van der Waals surface area (Å²) < 4.78 is 7.63. The summed E-state index contributed by atoms with van der Waals surface area (Å²) in [6.45, 7) is 2.06. The lowest BCUT2D eigenvalue weighted by Crippen LogP contribution is -2.47. The number of benzene rings is 2. The highest BCUT2D eigenvalue weighted by Gasteiger charge is 2.45. The molecule has 0 aliphatic carbocycles. The van der Waals surface area contributed by atoms with Gasteiger partial charge in [-0.05, 0) is 44.5 Å². The Balaban J connectivity index is 1.33. The molecule has 6 rings (SSSR count). The monoisotopic (exact) mass is 632 g/mol. The van der Waals surface area contributed by atoms with Gasteiger partial charge in [-0.1, -0.05) is 24.3 Å². The van der Waals surface area contributed by atoms with Gasteiger partial charge in [0.15, 0.2) is 0 Å². The highest BCUT2D eigenvalue weighted by molar-refractivity contribution is 6.22. The second kappa shape index (κ2) is 11.9. The number of aliphatic hydroxyl groups is 3. The Kier molecular flexibility index (Phi) is 8.06. The van der Waals surface area contributed by atoms with E-state index >= 15 is 0 Å². The zero-order chi connectivity index (χ0) is 33.0. The van der Waals surface area contributed by atoms with E-state index in [1.54, 1.807) is 50.2 Å². The maximum atomic E-state index is 13.9. The molecule has 0 bridgehead atoms. The molecule has 6 atom stereocenters. The van der Waals surface area contributed by atoms with Crippen molar-refractivity contribution in [1.29, 1.82) is 0 Å². The molecule has 14 heteroatoms. The molecule has 4 amide bonds. The number of carbonyl (C=O) groups is 4. The van der Waals surface area contributed by atoms with E-state index in [0.29, 0.717) is 0 Å². The van der Waals surface area contributed by atoms with Gasteiger partial charge in [-0.15, -0.1) is 0 Å². The Morgan fingerprint density at radius 2 is 1.28 bits per heavy atom. The summed E-state index contributed by atoms with van der Waals surface area (Å²) in [5.41, 5.74) is -0.889. The zero-order valence-electron chi connectivity index (χ0n) is 25.0. The van der Waals surface area contributed by atoms with E-state index in [0.717, 1.165) is 25.1 Å². The molecular weight excluding hydrogens is 600 g/mol. The van der Waals surface area contributed by atoms with Gasteiger partial charge in [-0.2, -0.15) is 0 Å². The molecule has 0 saturated carbocycles. The fourth-order valence-electron chi connectivity index (χ4n) is 6.32.